The van der Waals surface area contributed by atoms with Gasteiger partial charge in [-0.1, -0.05) is 0 Å². The van der Waals surface area contributed by atoms with Gasteiger partial charge in [0.1, 0.15) is 6.61 Å². The molecule has 0 aliphatic heterocycles. The lowest BCUT2D eigenvalue weighted by molar-refractivity contribution is 0.0684. The van der Waals surface area contributed by atoms with Crippen LogP contribution in [0.5, 0.6) is 5.88 Å². The molecular formula is C9H8N2O3. The maximum Gasteiger partial charge on any atom is 0.360 e. The molecule has 0 saturated carbocycles. The highest BCUT2D eigenvalue weighted by molar-refractivity contribution is 5.87. The summed E-state index contributed by atoms with van der Waals surface area (Å²) in [6.45, 7) is 0.232. The molecule has 1 rings (SSSR count). The molecule has 0 spiro atoms. The van der Waals surface area contributed by atoms with E-state index in [1.54, 1.807) is 0 Å². The number of hydrogen-bond acceptors (Lipinski definition) is 4. The van der Waals surface area contributed by atoms with Gasteiger partial charge in [-0.15, -0.1) is 12.3 Å². The number of terminal acetylenes is 1. The molecule has 0 atom stereocenters. The van der Waals surface area contributed by atoms with Crippen LogP contribution in [0.3, 0.4) is 0 Å². The highest BCUT2D eigenvalue weighted by atomic mass is 16.5. The zero-order valence-electron chi connectivity index (χ0n) is 7.30. The van der Waals surface area contributed by atoms with E-state index in [-0.39, 0.29) is 18.2 Å². The fourth-order valence-electron chi connectivity index (χ4n) is 0.784. The van der Waals surface area contributed by atoms with Gasteiger partial charge in [-0.2, -0.15) is 0 Å². The Kier molecular flexibility index (Phi) is 3.44. The number of carbonyl (C=O) groups is 1. The standard InChI is InChI=1S/C9H8N2O3/c1-2-3-6-14-8-7(9(12)13)10-4-5-11-8/h1,4-5H,3,6H2,(H,12,13). The van der Waals surface area contributed by atoms with Crippen molar-refractivity contribution in [2.24, 2.45) is 0 Å². The zero-order chi connectivity index (χ0) is 10.4. The molecule has 0 aliphatic carbocycles. The van der Waals surface area contributed by atoms with Crippen molar-refractivity contribution in [2.75, 3.05) is 6.61 Å². The average molecular weight is 192 g/mol. The first kappa shape index (κ1) is 9.99. The van der Waals surface area contributed by atoms with Gasteiger partial charge in [0, 0.05) is 18.8 Å². The summed E-state index contributed by atoms with van der Waals surface area (Å²) in [6.07, 6.45) is 8.05. The van der Waals surface area contributed by atoms with Crippen LogP contribution in [0.1, 0.15) is 16.9 Å². The number of carboxylic acid groups (broad SMARTS) is 1. The molecule has 1 N–H and O–H groups in total. The fraction of sp³-hybridized carbons (Fsp3) is 0.222. The van der Waals surface area contributed by atoms with Crippen LogP contribution in [0.25, 0.3) is 0 Å². The van der Waals surface area contributed by atoms with Gasteiger partial charge in [-0.25, -0.2) is 14.8 Å². The van der Waals surface area contributed by atoms with E-state index >= 15 is 0 Å². The number of ether oxygens (including phenoxy) is 1. The molecule has 0 fully saturated rings. The topological polar surface area (TPSA) is 72.3 Å². The van der Waals surface area contributed by atoms with Crippen molar-refractivity contribution in [2.45, 2.75) is 6.42 Å². The van der Waals surface area contributed by atoms with Crippen molar-refractivity contribution in [1.82, 2.24) is 9.97 Å². The molecule has 0 amide bonds. The molecule has 0 saturated heterocycles. The van der Waals surface area contributed by atoms with Crippen LogP contribution >= 0.6 is 0 Å². The van der Waals surface area contributed by atoms with E-state index in [2.05, 4.69) is 15.9 Å². The quantitative estimate of drug-likeness (QED) is 0.558. The molecule has 1 aromatic rings. The van der Waals surface area contributed by atoms with Crippen LogP contribution in [-0.2, 0) is 0 Å². The summed E-state index contributed by atoms with van der Waals surface area (Å²) >= 11 is 0. The minimum Gasteiger partial charge on any atom is -0.476 e. The van der Waals surface area contributed by atoms with Crippen LogP contribution in [0.4, 0.5) is 0 Å². The second-order valence-corrected chi connectivity index (χ2v) is 2.32. The van der Waals surface area contributed by atoms with E-state index in [4.69, 9.17) is 16.3 Å². The van der Waals surface area contributed by atoms with Crippen LogP contribution in [0.15, 0.2) is 12.4 Å². The number of carboxylic acids is 1. The zero-order valence-corrected chi connectivity index (χ0v) is 7.30. The molecule has 0 radical (unpaired) electrons. The molecule has 5 nitrogen and oxygen atoms in total. The summed E-state index contributed by atoms with van der Waals surface area (Å²) < 4.78 is 5.04. The molecule has 1 heterocycles. The lowest BCUT2D eigenvalue weighted by atomic mass is 10.4. The minimum atomic E-state index is -1.17. The summed E-state index contributed by atoms with van der Waals surface area (Å²) in [5, 5.41) is 8.70. The maximum absolute atomic E-state index is 10.6. The number of hydrogen-bond donors (Lipinski definition) is 1. The summed E-state index contributed by atoms with van der Waals surface area (Å²) in [7, 11) is 0. The molecule has 0 unspecified atom stereocenters. The van der Waals surface area contributed by atoms with Crippen LogP contribution in [0, 0.1) is 12.3 Å². The molecule has 5 heteroatoms. The molecule has 0 bridgehead atoms. The Bertz CT molecular complexity index is 371. The van der Waals surface area contributed by atoms with Gasteiger partial charge >= 0.3 is 5.97 Å². The van der Waals surface area contributed by atoms with E-state index in [1.165, 1.54) is 12.4 Å². The van der Waals surface area contributed by atoms with Gasteiger partial charge in [0.05, 0.1) is 0 Å². The Morgan fingerprint density at radius 3 is 2.93 bits per heavy atom. The normalized spacial score (nSPS) is 9.07. The Balaban J connectivity index is 2.75. The smallest absolute Gasteiger partial charge is 0.360 e. The molecule has 0 aliphatic rings. The molecule has 0 aromatic carbocycles. The fourth-order valence-corrected chi connectivity index (χ4v) is 0.784. The summed E-state index contributed by atoms with van der Waals surface area (Å²) in [4.78, 5) is 18.0. The third-order valence-corrected chi connectivity index (χ3v) is 1.35. The van der Waals surface area contributed by atoms with Gasteiger partial charge in [0.25, 0.3) is 0 Å². The molecule has 1 aromatic heterocycles. The van der Waals surface area contributed by atoms with E-state index in [1.807, 2.05) is 0 Å². The first-order chi connectivity index (χ1) is 6.75. The van der Waals surface area contributed by atoms with E-state index in [9.17, 15) is 4.79 Å². The Labute approximate surface area is 80.8 Å². The van der Waals surface area contributed by atoms with Crippen LogP contribution in [0.2, 0.25) is 0 Å². The first-order valence-corrected chi connectivity index (χ1v) is 3.86. The van der Waals surface area contributed by atoms with Gasteiger partial charge < -0.3 is 9.84 Å². The van der Waals surface area contributed by atoms with Crippen molar-refractivity contribution < 1.29 is 14.6 Å². The SMILES string of the molecule is C#CCCOc1nccnc1C(=O)O. The summed E-state index contributed by atoms with van der Waals surface area (Å²) in [5.74, 6) is 1.19. The molecule has 14 heavy (non-hydrogen) atoms. The molecule has 72 valence electrons. The predicted molar refractivity (Wildman–Crippen MR) is 47.9 cm³/mol. The second-order valence-electron chi connectivity index (χ2n) is 2.32. The van der Waals surface area contributed by atoms with E-state index in [0.29, 0.717) is 6.42 Å². The van der Waals surface area contributed by atoms with Gasteiger partial charge in [0.2, 0.25) is 11.6 Å². The number of nitrogens with zero attached hydrogens (tertiary/aromatic N) is 2. The van der Waals surface area contributed by atoms with Gasteiger partial charge in [-0.05, 0) is 0 Å². The Morgan fingerprint density at radius 2 is 2.29 bits per heavy atom. The average Bonchev–Trinajstić information content (AvgIpc) is 2.19. The largest absolute Gasteiger partial charge is 0.476 e. The van der Waals surface area contributed by atoms with Crippen LogP contribution in [-0.4, -0.2) is 27.7 Å². The summed E-state index contributed by atoms with van der Waals surface area (Å²) in [5.41, 5.74) is -0.204. The lowest BCUT2D eigenvalue weighted by Crippen LogP contribution is -2.07. The van der Waals surface area contributed by atoms with Crippen molar-refractivity contribution >= 4 is 5.97 Å². The number of rotatable bonds is 4. The second kappa shape index (κ2) is 4.82. The van der Waals surface area contributed by atoms with E-state index in [0.717, 1.165) is 0 Å². The van der Waals surface area contributed by atoms with Crippen molar-refractivity contribution in [3.8, 4) is 18.2 Å². The van der Waals surface area contributed by atoms with Crippen LogP contribution < -0.4 is 4.74 Å². The van der Waals surface area contributed by atoms with Crippen molar-refractivity contribution in [1.29, 1.82) is 0 Å². The van der Waals surface area contributed by atoms with Crippen molar-refractivity contribution in [3.05, 3.63) is 18.1 Å². The highest BCUT2D eigenvalue weighted by Gasteiger charge is 2.13. The minimum absolute atomic E-state index is 0.00440. The highest BCUT2D eigenvalue weighted by Crippen LogP contribution is 2.10. The van der Waals surface area contributed by atoms with E-state index < -0.39 is 5.97 Å². The third-order valence-electron chi connectivity index (χ3n) is 1.35. The molecular weight excluding hydrogens is 184 g/mol. The maximum atomic E-state index is 10.6. The predicted octanol–water partition coefficient (Wildman–Crippen LogP) is 0.577. The first-order valence-electron chi connectivity index (χ1n) is 3.86. The third kappa shape index (κ3) is 2.45. The van der Waals surface area contributed by atoms with Gasteiger partial charge in [-0.3, -0.25) is 0 Å². The Hall–Kier alpha value is -2.09. The van der Waals surface area contributed by atoms with Gasteiger partial charge in [0.15, 0.2) is 0 Å². The lowest BCUT2D eigenvalue weighted by Gasteiger charge is -2.04. The Morgan fingerprint density at radius 1 is 1.57 bits per heavy atom. The number of aromatic nitrogens is 2. The monoisotopic (exact) mass is 192 g/mol. The summed E-state index contributed by atoms with van der Waals surface area (Å²) in [6, 6.07) is 0. The number of aromatic carboxylic acids is 1. The van der Waals surface area contributed by atoms with Crippen molar-refractivity contribution in [3.63, 3.8) is 0 Å².